The van der Waals surface area contributed by atoms with E-state index in [4.69, 9.17) is 4.74 Å². The molecule has 14 heavy (non-hydrogen) atoms. The monoisotopic (exact) mass is 196 g/mol. The van der Waals surface area contributed by atoms with E-state index < -0.39 is 0 Å². The van der Waals surface area contributed by atoms with Crippen molar-refractivity contribution in [1.82, 2.24) is 0 Å². The number of carbonyl (C=O) groups is 2. The molecule has 0 saturated heterocycles. The highest BCUT2D eigenvalue weighted by Gasteiger charge is 2.39. The third-order valence-corrected chi connectivity index (χ3v) is 2.88. The number of ketones is 1. The smallest absolute Gasteiger partial charge is 0.176 e. The summed E-state index contributed by atoms with van der Waals surface area (Å²) < 4.78 is 5.25. The maximum Gasteiger partial charge on any atom is 0.176 e. The molecule has 1 N–H and O–H groups in total. The number of allylic oxidation sites excluding steroid dienone is 1. The molecule has 0 spiro atoms. The van der Waals surface area contributed by atoms with Gasteiger partial charge in [-0.05, 0) is 12.8 Å². The topological polar surface area (TPSA) is 63.6 Å². The predicted molar refractivity (Wildman–Crippen MR) is 47.4 cm³/mol. The molecule has 2 rings (SSSR count). The Balaban J connectivity index is 2.18. The number of hydrogen-bond donors (Lipinski definition) is 1. The van der Waals surface area contributed by atoms with E-state index in [1.165, 1.54) is 6.26 Å². The van der Waals surface area contributed by atoms with Gasteiger partial charge in [-0.1, -0.05) is 0 Å². The van der Waals surface area contributed by atoms with E-state index >= 15 is 0 Å². The standard InChI is InChI=1S/C10H12O4/c11-4-6-5-14-9-3-7(12)1-2-8(9)10(6)13/h4-5,7-9,12H,1-3H2. The minimum absolute atomic E-state index is 0.114. The van der Waals surface area contributed by atoms with Gasteiger partial charge in [0.15, 0.2) is 12.1 Å². The first-order valence-corrected chi connectivity index (χ1v) is 4.75. The van der Waals surface area contributed by atoms with E-state index in [1.54, 1.807) is 0 Å². The fourth-order valence-corrected chi connectivity index (χ4v) is 2.08. The summed E-state index contributed by atoms with van der Waals surface area (Å²) in [6, 6.07) is 0. The second-order valence-corrected chi connectivity index (χ2v) is 3.80. The first-order valence-electron chi connectivity index (χ1n) is 4.75. The van der Waals surface area contributed by atoms with Gasteiger partial charge in [-0.3, -0.25) is 9.59 Å². The largest absolute Gasteiger partial charge is 0.496 e. The summed E-state index contributed by atoms with van der Waals surface area (Å²) in [5.74, 6) is -0.369. The molecule has 1 saturated carbocycles. The Labute approximate surface area is 81.6 Å². The average Bonchev–Trinajstić information content (AvgIpc) is 2.18. The molecule has 0 aromatic heterocycles. The molecule has 3 unspecified atom stereocenters. The van der Waals surface area contributed by atoms with Crippen molar-refractivity contribution in [3.8, 4) is 0 Å². The zero-order valence-electron chi connectivity index (χ0n) is 7.68. The lowest BCUT2D eigenvalue weighted by molar-refractivity contribution is -0.130. The summed E-state index contributed by atoms with van der Waals surface area (Å²) in [4.78, 5) is 22.1. The van der Waals surface area contributed by atoms with Crippen LogP contribution in [0.2, 0.25) is 0 Å². The van der Waals surface area contributed by atoms with E-state index in [0.717, 1.165) is 0 Å². The van der Waals surface area contributed by atoms with E-state index in [9.17, 15) is 14.7 Å². The molecule has 0 amide bonds. The molecule has 0 aromatic carbocycles. The van der Waals surface area contributed by atoms with Gasteiger partial charge in [0, 0.05) is 6.42 Å². The van der Waals surface area contributed by atoms with Gasteiger partial charge in [-0.15, -0.1) is 0 Å². The molecular weight excluding hydrogens is 184 g/mol. The molecule has 0 radical (unpaired) electrons. The quantitative estimate of drug-likeness (QED) is 0.480. The van der Waals surface area contributed by atoms with Gasteiger partial charge in [-0.2, -0.15) is 0 Å². The molecule has 1 heterocycles. The Bertz CT molecular complexity index is 294. The molecule has 4 nitrogen and oxygen atoms in total. The summed E-state index contributed by atoms with van der Waals surface area (Å²) in [7, 11) is 0. The SMILES string of the molecule is O=CC1=COC2CC(O)CCC2C1=O. The Morgan fingerprint density at radius 3 is 3.00 bits per heavy atom. The number of aldehydes is 1. The summed E-state index contributed by atoms with van der Waals surface area (Å²) >= 11 is 0. The van der Waals surface area contributed by atoms with E-state index in [1.807, 2.05) is 0 Å². The van der Waals surface area contributed by atoms with Gasteiger partial charge < -0.3 is 9.84 Å². The summed E-state index contributed by atoms with van der Waals surface area (Å²) in [5, 5.41) is 9.38. The molecule has 0 bridgehead atoms. The highest BCUT2D eigenvalue weighted by atomic mass is 16.5. The molecule has 0 aromatic rings. The second kappa shape index (κ2) is 3.53. The van der Waals surface area contributed by atoms with Crippen LogP contribution in [0.25, 0.3) is 0 Å². The fraction of sp³-hybridized carbons (Fsp3) is 0.600. The number of fused-ring (bicyclic) bond motifs is 1. The van der Waals surface area contributed by atoms with Gasteiger partial charge in [0.2, 0.25) is 0 Å². The summed E-state index contributed by atoms with van der Waals surface area (Å²) in [6.45, 7) is 0. The molecule has 3 atom stereocenters. The number of Topliss-reactive ketones (excluding diaryl/α,β-unsaturated/α-hetero) is 1. The third kappa shape index (κ3) is 1.46. The van der Waals surface area contributed by atoms with Crippen molar-refractivity contribution >= 4 is 12.1 Å². The van der Waals surface area contributed by atoms with Crippen molar-refractivity contribution in [3.63, 3.8) is 0 Å². The molecule has 1 aliphatic heterocycles. The third-order valence-electron chi connectivity index (χ3n) is 2.88. The summed E-state index contributed by atoms with van der Waals surface area (Å²) in [5.41, 5.74) is 0.114. The Kier molecular flexibility index (Phi) is 2.37. The van der Waals surface area contributed by atoms with Crippen molar-refractivity contribution in [3.05, 3.63) is 11.8 Å². The van der Waals surface area contributed by atoms with Gasteiger partial charge >= 0.3 is 0 Å². The van der Waals surface area contributed by atoms with Crippen LogP contribution in [0, 0.1) is 5.92 Å². The minimum atomic E-state index is -0.379. The van der Waals surface area contributed by atoms with Crippen molar-refractivity contribution < 1.29 is 19.4 Å². The molecule has 2 aliphatic rings. The number of aliphatic hydroxyl groups excluding tert-OH is 1. The highest BCUT2D eigenvalue weighted by Crippen LogP contribution is 2.32. The van der Waals surface area contributed by atoms with Crippen LogP contribution in [0.4, 0.5) is 0 Å². The van der Waals surface area contributed by atoms with Gasteiger partial charge in [0.25, 0.3) is 0 Å². The molecular formula is C10H12O4. The van der Waals surface area contributed by atoms with Crippen LogP contribution in [-0.2, 0) is 14.3 Å². The molecule has 1 fully saturated rings. The van der Waals surface area contributed by atoms with E-state index in [2.05, 4.69) is 0 Å². The lowest BCUT2D eigenvalue weighted by atomic mass is 9.79. The average molecular weight is 196 g/mol. The lowest BCUT2D eigenvalue weighted by Crippen LogP contribution is -2.41. The van der Waals surface area contributed by atoms with Crippen LogP contribution in [-0.4, -0.2) is 29.4 Å². The van der Waals surface area contributed by atoms with Crippen molar-refractivity contribution in [2.75, 3.05) is 0 Å². The number of carbonyl (C=O) groups excluding carboxylic acids is 2. The number of ether oxygens (including phenoxy) is 1. The van der Waals surface area contributed by atoms with Gasteiger partial charge in [-0.25, -0.2) is 0 Å². The first-order chi connectivity index (χ1) is 6.72. The van der Waals surface area contributed by atoms with Crippen molar-refractivity contribution in [2.45, 2.75) is 31.5 Å². The number of hydrogen-bond acceptors (Lipinski definition) is 4. The first kappa shape index (κ1) is 9.40. The molecule has 4 heteroatoms. The zero-order valence-corrected chi connectivity index (χ0v) is 7.68. The Morgan fingerprint density at radius 2 is 2.29 bits per heavy atom. The van der Waals surface area contributed by atoms with Crippen LogP contribution < -0.4 is 0 Å². The van der Waals surface area contributed by atoms with Gasteiger partial charge in [0.1, 0.15) is 6.10 Å². The summed E-state index contributed by atoms with van der Waals surface area (Å²) in [6.07, 6.45) is 2.83. The van der Waals surface area contributed by atoms with Gasteiger partial charge in [0.05, 0.1) is 23.9 Å². The van der Waals surface area contributed by atoms with Crippen LogP contribution in [0.15, 0.2) is 11.8 Å². The maximum atomic E-state index is 11.6. The zero-order chi connectivity index (χ0) is 10.1. The number of rotatable bonds is 1. The van der Waals surface area contributed by atoms with Crippen LogP contribution in [0.3, 0.4) is 0 Å². The Morgan fingerprint density at radius 1 is 1.50 bits per heavy atom. The van der Waals surface area contributed by atoms with Crippen LogP contribution in [0.1, 0.15) is 19.3 Å². The lowest BCUT2D eigenvalue weighted by Gasteiger charge is -2.35. The number of aliphatic hydroxyl groups is 1. The van der Waals surface area contributed by atoms with E-state index in [0.29, 0.717) is 25.5 Å². The Hall–Kier alpha value is -1.16. The highest BCUT2D eigenvalue weighted by molar-refractivity contribution is 6.13. The molecule has 1 aliphatic carbocycles. The second-order valence-electron chi connectivity index (χ2n) is 3.80. The predicted octanol–water partition coefficient (Wildman–Crippen LogP) is 0.198. The normalized spacial score (nSPS) is 36.8. The fourth-order valence-electron chi connectivity index (χ4n) is 2.08. The minimum Gasteiger partial charge on any atom is -0.496 e. The van der Waals surface area contributed by atoms with Crippen LogP contribution >= 0.6 is 0 Å². The van der Waals surface area contributed by atoms with Crippen molar-refractivity contribution in [1.29, 1.82) is 0 Å². The van der Waals surface area contributed by atoms with E-state index in [-0.39, 0.29) is 29.5 Å². The van der Waals surface area contributed by atoms with Crippen molar-refractivity contribution in [2.24, 2.45) is 5.92 Å². The maximum absolute atomic E-state index is 11.6. The molecule has 76 valence electrons. The van der Waals surface area contributed by atoms with Crippen LogP contribution in [0.5, 0.6) is 0 Å².